The average Bonchev–Trinajstić information content (AvgIpc) is 2.59. The number of nitrogens with zero attached hydrogens (tertiary/aromatic N) is 1. The molecule has 0 saturated heterocycles. The summed E-state index contributed by atoms with van der Waals surface area (Å²) in [6.07, 6.45) is 0. The number of hydrogen-bond acceptors (Lipinski definition) is 5. The summed E-state index contributed by atoms with van der Waals surface area (Å²) < 4.78 is 21.6. The third kappa shape index (κ3) is 4.21. The van der Waals surface area contributed by atoms with Crippen molar-refractivity contribution in [1.82, 2.24) is 0 Å². The molecule has 5 nitrogen and oxygen atoms in total. The molecular weight excluding hydrogens is 318 g/mol. The molecule has 0 N–H and O–H groups in total. The van der Waals surface area contributed by atoms with E-state index in [1.807, 2.05) is 30.3 Å². The van der Waals surface area contributed by atoms with Crippen LogP contribution in [-0.2, 0) is 0 Å². The molecule has 0 aromatic heterocycles. The topological polar surface area (TPSA) is 60.7 Å². The van der Waals surface area contributed by atoms with Crippen molar-refractivity contribution in [3.05, 3.63) is 47.0 Å². The summed E-state index contributed by atoms with van der Waals surface area (Å²) in [6.45, 7) is 0.569. The van der Waals surface area contributed by atoms with Crippen LogP contribution in [0.2, 0.25) is 5.02 Å². The number of nitriles is 1. The van der Waals surface area contributed by atoms with Gasteiger partial charge in [0.15, 0.2) is 23.0 Å². The molecule has 6 heteroatoms. The van der Waals surface area contributed by atoms with Crippen molar-refractivity contribution in [2.24, 2.45) is 0 Å². The maximum absolute atomic E-state index is 8.93. The van der Waals surface area contributed by atoms with Crippen LogP contribution in [0.5, 0.6) is 23.0 Å². The second-order valence-electron chi connectivity index (χ2n) is 4.45. The minimum atomic E-state index is 0.264. The molecule has 0 radical (unpaired) electrons. The van der Waals surface area contributed by atoms with Gasteiger partial charge in [0.1, 0.15) is 13.2 Å². The van der Waals surface area contributed by atoms with Gasteiger partial charge in [0.2, 0.25) is 0 Å². The fourth-order valence-electron chi connectivity index (χ4n) is 1.96. The van der Waals surface area contributed by atoms with Crippen molar-refractivity contribution < 1.29 is 18.9 Å². The summed E-state index contributed by atoms with van der Waals surface area (Å²) in [4.78, 5) is 0. The standard InChI is InChI=1S/C17H16ClNO4/c1-20-14-5-3-4-6-15(14)22-7-8-23-17-13(18)9-12(11-19)10-16(17)21-2/h3-6,9-10H,7-8H2,1-2H3. The van der Waals surface area contributed by atoms with Crippen LogP contribution in [0.15, 0.2) is 36.4 Å². The molecule has 0 unspecified atom stereocenters. The van der Waals surface area contributed by atoms with Gasteiger partial charge in [-0.05, 0) is 18.2 Å². The Kier molecular flexibility index (Phi) is 5.95. The molecule has 23 heavy (non-hydrogen) atoms. The fraction of sp³-hybridized carbons (Fsp3) is 0.235. The highest BCUT2D eigenvalue weighted by Gasteiger charge is 2.12. The largest absolute Gasteiger partial charge is 0.493 e. The summed E-state index contributed by atoms with van der Waals surface area (Å²) >= 11 is 6.12. The maximum Gasteiger partial charge on any atom is 0.179 e. The number of benzene rings is 2. The van der Waals surface area contributed by atoms with Gasteiger partial charge in [0, 0.05) is 6.07 Å². The van der Waals surface area contributed by atoms with Crippen LogP contribution >= 0.6 is 11.6 Å². The van der Waals surface area contributed by atoms with E-state index in [9.17, 15) is 0 Å². The van der Waals surface area contributed by atoms with Crippen molar-refractivity contribution in [3.8, 4) is 29.1 Å². The molecular formula is C17H16ClNO4. The average molecular weight is 334 g/mol. The van der Waals surface area contributed by atoms with Gasteiger partial charge in [-0.25, -0.2) is 0 Å². The van der Waals surface area contributed by atoms with Crippen LogP contribution in [0.25, 0.3) is 0 Å². The number of methoxy groups -OCH3 is 2. The molecule has 120 valence electrons. The zero-order valence-electron chi connectivity index (χ0n) is 12.8. The van der Waals surface area contributed by atoms with Gasteiger partial charge in [-0.2, -0.15) is 5.26 Å². The molecule has 0 aliphatic rings. The Morgan fingerprint density at radius 3 is 2.26 bits per heavy atom. The minimum absolute atomic E-state index is 0.264. The fourth-order valence-corrected chi connectivity index (χ4v) is 2.22. The van der Waals surface area contributed by atoms with E-state index in [1.165, 1.54) is 13.2 Å². The van der Waals surface area contributed by atoms with Gasteiger partial charge >= 0.3 is 0 Å². The van der Waals surface area contributed by atoms with Gasteiger partial charge < -0.3 is 18.9 Å². The summed E-state index contributed by atoms with van der Waals surface area (Å²) in [5.41, 5.74) is 0.407. The number of para-hydroxylation sites is 2. The Labute approximate surface area is 139 Å². The SMILES string of the molecule is COc1ccccc1OCCOc1c(Cl)cc(C#N)cc1OC. The van der Waals surface area contributed by atoms with E-state index in [0.717, 1.165) is 0 Å². The van der Waals surface area contributed by atoms with Gasteiger partial charge in [-0.1, -0.05) is 23.7 Å². The Hall–Kier alpha value is -2.58. The van der Waals surface area contributed by atoms with E-state index >= 15 is 0 Å². The van der Waals surface area contributed by atoms with Crippen molar-refractivity contribution >= 4 is 11.6 Å². The highest BCUT2D eigenvalue weighted by molar-refractivity contribution is 6.32. The lowest BCUT2D eigenvalue weighted by Crippen LogP contribution is -2.10. The Morgan fingerprint density at radius 1 is 0.957 bits per heavy atom. The van der Waals surface area contributed by atoms with Gasteiger partial charge in [-0.3, -0.25) is 0 Å². The van der Waals surface area contributed by atoms with Gasteiger partial charge in [-0.15, -0.1) is 0 Å². The van der Waals surface area contributed by atoms with E-state index in [2.05, 4.69) is 0 Å². The lowest BCUT2D eigenvalue weighted by molar-refractivity contribution is 0.206. The van der Waals surface area contributed by atoms with Crippen molar-refractivity contribution in [3.63, 3.8) is 0 Å². The van der Waals surface area contributed by atoms with E-state index in [0.29, 0.717) is 40.2 Å². The maximum atomic E-state index is 8.93. The molecule has 2 aromatic carbocycles. The number of ether oxygens (including phenoxy) is 4. The van der Waals surface area contributed by atoms with Crippen molar-refractivity contribution in [2.45, 2.75) is 0 Å². The van der Waals surface area contributed by atoms with Gasteiger partial charge in [0.25, 0.3) is 0 Å². The molecule has 2 rings (SSSR count). The number of halogens is 1. The summed E-state index contributed by atoms with van der Waals surface area (Å²) in [6, 6.07) is 12.5. The summed E-state index contributed by atoms with van der Waals surface area (Å²) in [5, 5.41) is 9.24. The highest BCUT2D eigenvalue weighted by Crippen LogP contribution is 2.36. The Morgan fingerprint density at radius 2 is 1.61 bits per heavy atom. The van der Waals surface area contributed by atoms with Crippen molar-refractivity contribution in [2.75, 3.05) is 27.4 Å². The van der Waals surface area contributed by atoms with E-state index < -0.39 is 0 Å². The highest BCUT2D eigenvalue weighted by atomic mass is 35.5. The molecule has 0 bridgehead atoms. The molecule has 0 spiro atoms. The third-order valence-electron chi connectivity index (χ3n) is 3.01. The molecule has 0 heterocycles. The van der Waals surface area contributed by atoms with E-state index in [-0.39, 0.29) is 6.61 Å². The monoisotopic (exact) mass is 333 g/mol. The summed E-state index contributed by atoms with van der Waals surface area (Å²) in [7, 11) is 3.07. The minimum Gasteiger partial charge on any atom is -0.493 e. The van der Waals surface area contributed by atoms with Crippen LogP contribution in [0.1, 0.15) is 5.56 Å². The molecule has 2 aromatic rings. The molecule has 0 aliphatic heterocycles. The second-order valence-corrected chi connectivity index (χ2v) is 4.86. The van der Waals surface area contributed by atoms with Crippen LogP contribution in [0, 0.1) is 11.3 Å². The van der Waals surface area contributed by atoms with Crippen LogP contribution in [0.4, 0.5) is 0 Å². The first-order chi connectivity index (χ1) is 11.2. The zero-order valence-corrected chi connectivity index (χ0v) is 13.6. The first kappa shape index (κ1) is 16.8. The number of rotatable bonds is 7. The molecule has 0 saturated carbocycles. The van der Waals surface area contributed by atoms with Crippen molar-refractivity contribution in [1.29, 1.82) is 5.26 Å². The predicted molar refractivity (Wildman–Crippen MR) is 86.7 cm³/mol. The third-order valence-corrected chi connectivity index (χ3v) is 3.30. The first-order valence-corrected chi connectivity index (χ1v) is 7.23. The molecule has 0 atom stereocenters. The zero-order chi connectivity index (χ0) is 16.7. The quantitative estimate of drug-likeness (QED) is 0.723. The lowest BCUT2D eigenvalue weighted by Gasteiger charge is -2.14. The summed E-state index contributed by atoms with van der Waals surface area (Å²) in [5.74, 6) is 2.08. The van der Waals surface area contributed by atoms with Crippen LogP contribution in [0.3, 0.4) is 0 Å². The molecule has 0 amide bonds. The first-order valence-electron chi connectivity index (χ1n) is 6.85. The Balaban J connectivity index is 1.98. The van der Waals surface area contributed by atoms with Gasteiger partial charge in [0.05, 0.1) is 30.9 Å². The van der Waals surface area contributed by atoms with Crippen LogP contribution in [-0.4, -0.2) is 27.4 Å². The molecule has 0 aliphatic carbocycles. The van der Waals surface area contributed by atoms with E-state index in [4.69, 9.17) is 35.8 Å². The lowest BCUT2D eigenvalue weighted by atomic mass is 10.2. The smallest absolute Gasteiger partial charge is 0.179 e. The number of hydrogen-bond donors (Lipinski definition) is 0. The Bertz CT molecular complexity index is 712. The van der Waals surface area contributed by atoms with E-state index in [1.54, 1.807) is 13.2 Å². The second kappa shape index (κ2) is 8.16. The normalized spacial score (nSPS) is 9.83. The molecule has 0 fully saturated rings. The predicted octanol–water partition coefficient (Wildman–Crippen LogP) is 3.69. The van der Waals surface area contributed by atoms with Crippen LogP contribution < -0.4 is 18.9 Å².